The lowest BCUT2D eigenvalue weighted by Gasteiger charge is -2.36. The Morgan fingerprint density at radius 1 is 1.48 bits per heavy atom. The van der Waals surface area contributed by atoms with Crippen LogP contribution in [0, 0.1) is 0 Å². The van der Waals surface area contributed by atoms with E-state index >= 15 is 0 Å². The molecule has 1 aromatic heterocycles. The molecule has 1 atom stereocenters. The molecule has 6 nitrogen and oxygen atoms in total. The van der Waals surface area contributed by atoms with Crippen molar-refractivity contribution in [2.75, 3.05) is 12.3 Å². The van der Waals surface area contributed by atoms with Gasteiger partial charge in [-0.05, 0) is 56.0 Å². The van der Waals surface area contributed by atoms with Crippen molar-refractivity contribution in [3.63, 3.8) is 0 Å². The number of amides is 1. The fraction of sp³-hybridized carbons (Fsp3) is 0.643. The number of nitrogens with two attached hydrogens (primary N) is 1. The largest absolute Gasteiger partial charge is 0.444 e. The van der Waals surface area contributed by atoms with Gasteiger partial charge in [0.05, 0.1) is 16.2 Å². The topological polar surface area (TPSA) is 81.3 Å². The summed E-state index contributed by atoms with van der Waals surface area (Å²) < 4.78 is 6.26. The molecule has 0 radical (unpaired) electrons. The minimum Gasteiger partial charge on any atom is -0.444 e. The summed E-state index contributed by atoms with van der Waals surface area (Å²) in [6, 6.07) is -0.131. The number of rotatable bonds is 1. The highest BCUT2D eigenvalue weighted by molar-refractivity contribution is 9.10. The maximum atomic E-state index is 12.4. The van der Waals surface area contributed by atoms with Gasteiger partial charge in [-0.2, -0.15) is 0 Å². The fourth-order valence-electron chi connectivity index (χ4n) is 2.38. The van der Waals surface area contributed by atoms with Gasteiger partial charge in [0.15, 0.2) is 0 Å². The number of nitrogen functional groups attached to an aromatic ring is 1. The van der Waals surface area contributed by atoms with Gasteiger partial charge in [-0.1, -0.05) is 0 Å². The summed E-state index contributed by atoms with van der Waals surface area (Å²) >= 11 is 3.44. The Bertz CT molecular complexity index is 530. The Morgan fingerprint density at radius 3 is 2.86 bits per heavy atom. The number of hydrogen-bond acceptors (Lipinski definition) is 5. The number of likely N-dealkylation sites (tertiary alicyclic amines) is 1. The number of carbonyl (C=O) groups excluding carboxylic acids is 1. The molecule has 1 fully saturated rings. The second-order valence-corrected chi connectivity index (χ2v) is 7.00. The number of piperidine rings is 1. The molecule has 0 spiro atoms. The molecule has 1 aromatic rings. The van der Waals surface area contributed by atoms with Gasteiger partial charge in [0.2, 0.25) is 5.95 Å². The van der Waals surface area contributed by atoms with Crippen LogP contribution in [0.25, 0.3) is 0 Å². The third-order valence-electron chi connectivity index (χ3n) is 3.24. The van der Waals surface area contributed by atoms with Crippen molar-refractivity contribution >= 4 is 28.0 Å². The summed E-state index contributed by atoms with van der Waals surface area (Å²) in [7, 11) is 0. The van der Waals surface area contributed by atoms with Crippen LogP contribution in [0.2, 0.25) is 0 Å². The van der Waals surface area contributed by atoms with E-state index in [1.807, 2.05) is 20.8 Å². The lowest BCUT2D eigenvalue weighted by atomic mass is 9.99. The second-order valence-electron chi connectivity index (χ2n) is 6.15. The highest BCUT2D eigenvalue weighted by Crippen LogP contribution is 2.34. The minimum absolute atomic E-state index is 0.131. The summed E-state index contributed by atoms with van der Waals surface area (Å²) in [6.45, 7) is 6.25. The van der Waals surface area contributed by atoms with Gasteiger partial charge in [0.1, 0.15) is 5.60 Å². The molecule has 116 valence electrons. The van der Waals surface area contributed by atoms with E-state index in [2.05, 4.69) is 25.9 Å². The van der Waals surface area contributed by atoms with Crippen LogP contribution in [-0.2, 0) is 4.74 Å². The number of ether oxygens (including phenoxy) is 1. The number of hydrogen-bond donors (Lipinski definition) is 1. The van der Waals surface area contributed by atoms with Crippen LogP contribution in [0.5, 0.6) is 0 Å². The molecule has 1 saturated heterocycles. The first-order valence-corrected chi connectivity index (χ1v) is 7.85. The van der Waals surface area contributed by atoms with E-state index in [4.69, 9.17) is 10.5 Å². The number of aromatic nitrogens is 2. The van der Waals surface area contributed by atoms with Gasteiger partial charge in [0, 0.05) is 12.7 Å². The molecule has 7 heteroatoms. The molecule has 0 unspecified atom stereocenters. The minimum atomic E-state index is -0.513. The molecule has 1 amide bonds. The van der Waals surface area contributed by atoms with E-state index in [1.54, 1.807) is 11.1 Å². The molecule has 0 aromatic carbocycles. The quantitative estimate of drug-likeness (QED) is 0.834. The van der Waals surface area contributed by atoms with Crippen LogP contribution in [0.4, 0.5) is 10.7 Å². The first kappa shape index (κ1) is 16.0. The number of halogens is 1. The molecule has 0 aliphatic carbocycles. The highest BCUT2D eigenvalue weighted by Gasteiger charge is 2.33. The van der Waals surface area contributed by atoms with Gasteiger partial charge < -0.3 is 10.5 Å². The van der Waals surface area contributed by atoms with Crippen molar-refractivity contribution in [3.8, 4) is 0 Å². The van der Waals surface area contributed by atoms with Crippen molar-refractivity contribution in [2.24, 2.45) is 0 Å². The first-order chi connectivity index (χ1) is 9.78. The van der Waals surface area contributed by atoms with E-state index in [-0.39, 0.29) is 18.1 Å². The van der Waals surface area contributed by atoms with Crippen LogP contribution in [0.1, 0.15) is 51.8 Å². The molecule has 0 bridgehead atoms. The predicted molar refractivity (Wildman–Crippen MR) is 83.7 cm³/mol. The number of anilines is 1. The smallest absolute Gasteiger partial charge is 0.410 e. The normalized spacial score (nSPS) is 19.4. The van der Waals surface area contributed by atoms with Gasteiger partial charge in [0.25, 0.3) is 0 Å². The van der Waals surface area contributed by atoms with Crippen molar-refractivity contribution in [1.82, 2.24) is 14.9 Å². The predicted octanol–water partition coefficient (Wildman–Crippen LogP) is 3.28. The summed E-state index contributed by atoms with van der Waals surface area (Å²) in [6.07, 6.45) is 4.17. The van der Waals surface area contributed by atoms with Crippen LogP contribution >= 0.6 is 15.9 Å². The molecule has 2 rings (SSSR count). The SMILES string of the molecule is CC(C)(C)OC(=O)N1CCCC[C@@H]1c1nc(N)ncc1Br. The summed E-state index contributed by atoms with van der Waals surface area (Å²) in [5.74, 6) is 0.211. The Morgan fingerprint density at radius 2 is 2.19 bits per heavy atom. The zero-order valence-electron chi connectivity index (χ0n) is 12.6. The Labute approximate surface area is 133 Å². The van der Waals surface area contributed by atoms with E-state index < -0.39 is 5.60 Å². The lowest BCUT2D eigenvalue weighted by Crippen LogP contribution is -2.42. The first-order valence-electron chi connectivity index (χ1n) is 7.05. The molecule has 21 heavy (non-hydrogen) atoms. The average molecular weight is 357 g/mol. The van der Waals surface area contributed by atoms with Crippen molar-refractivity contribution in [3.05, 3.63) is 16.4 Å². The number of carbonyl (C=O) groups is 1. The Balaban J connectivity index is 2.27. The molecule has 2 N–H and O–H groups in total. The molecular weight excluding hydrogens is 336 g/mol. The van der Waals surface area contributed by atoms with Crippen molar-refractivity contribution in [2.45, 2.75) is 51.7 Å². The molecular formula is C14H21BrN4O2. The maximum Gasteiger partial charge on any atom is 0.410 e. The van der Waals surface area contributed by atoms with Gasteiger partial charge in [-0.3, -0.25) is 4.90 Å². The zero-order valence-corrected chi connectivity index (χ0v) is 14.2. The summed E-state index contributed by atoms with van der Waals surface area (Å²) in [4.78, 5) is 22.4. The van der Waals surface area contributed by atoms with E-state index in [0.717, 1.165) is 29.4 Å². The summed E-state index contributed by atoms with van der Waals surface area (Å²) in [5.41, 5.74) is 5.91. The fourth-order valence-corrected chi connectivity index (χ4v) is 2.84. The van der Waals surface area contributed by atoms with Gasteiger partial charge in [-0.25, -0.2) is 14.8 Å². The molecule has 1 aliphatic rings. The Hall–Kier alpha value is -1.37. The van der Waals surface area contributed by atoms with E-state index in [1.165, 1.54) is 0 Å². The van der Waals surface area contributed by atoms with Gasteiger partial charge >= 0.3 is 6.09 Å². The number of nitrogens with zero attached hydrogens (tertiary/aromatic N) is 3. The second kappa shape index (κ2) is 6.17. The highest BCUT2D eigenvalue weighted by atomic mass is 79.9. The average Bonchev–Trinajstić information content (AvgIpc) is 2.39. The van der Waals surface area contributed by atoms with Gasteiger partial charge in [-0.15, -0.1) is 0 Å². The van der Waals surface area contributed by atoms with Crippen LogP contribution < -0.4 is 5.73 Å². The third kappa shape index (κ3) is 4.06. The Kier molecular flexibility index (Phi) is 4.70. The van der Waals surface area contributed by atoms with Crippen molar-refractivity contribution < 1.29 is 9.53 Å². The molecule has 1 aliphatic heterocycles. The molecule has 2 heterocycles. The summed E-state index contributed by atoms with van der Waals surface area (Å²) in [5, 5.41) is 0. The van der Waals surface area contributed by atoms with E-state index in [0.29, 0.717) is 6.54 Å². The van der Waals surface area contributed by atoms with Crippen molar-refractivity contribution in [1.29, 1.82) is 0 Å². The lowest BCUT2D eigenvalue weighted by molar-refractivity contribution is 0.00891. The van der Waals surface area contributed by atoms with Crippen LogP contribution in [-0.4, -0.2) is 33.1 Å². The third-order valence-corrected chi connectivity index (χ3v) is 3.85. The zero-order chi connectivity index (χ0) is 15.6. The van der Waals surface area contributed by atoms with Crippen LogP contribution in [0.15, 0.2) is 10.7 Å². The molecule has 0 saturated carbocycles. The van der Waals surface area contributed by atoms with Crippen LogP contribution in [0.3, 0.4) is 0 Å². The standard InChI is InChI=1S/C14H21BrN4O2/c1-14(2,3)21-13(20)19-7-5-4-6-10(19)11-9(15)8-17-12(16)18-11/h8,10H,4-7H2,1-3H3,(H2,16,17,18)/t10-/m1/s1. The maximum absolute atomic E-state index is 12.4. The van der Waals surface area contributed by atoms with E-state index in [9.17, 15) is 4.79 Å². The monoisotopic (exact) mass is 356 g/mol.